The van der Waals surface area contributed by atoms with Crippen molar-refractivity contribution in [3.05, 3.63) is 29.3 Å². The van der Waals surface area contributed by atoms with Crippen LogP contribution in [0.3, 0.4) is 0 Å². The highest BCUT2D eigenvalue weighted by Gasteiger charge is 2.29. The summed E-state index contributed by atoms with van der Waals surface area (Å²) in [5.74, 6) is 0.958. The van der Waals surface area contributed by atoms with E-state index >= 15 is 0 Å². The zero-order valence-electron chi connectivity index (χ0n) is 13.1. The first-order valence-electron chi connectivity index (χ1n) is 7.70. The highest BCUT2D eigenvalue weighted by molar-refractivity contribution is 5.95. The second-order valence-electron chi connectivity index (χ2n) is 6.32. The van der Waals surface area contributed by atoms with Crippen LogP contribution >= 0.6 is 0 Å². The van der Waals surface area contributed by atoms with Crippen LogP contribution < -0.4 is 10.2 Å². The summed E-state index contributed by atoms with van der Waals surface area (Å²) in [5, 5.41) is 3.13. The first kappa shape index (κ1) is 15.0. The van der Waals surface area contributed by atoms with Crippen molar-refractivity contribution in [2.75, 3.05) is 18.4 Å². The minimum Gasteiger partial charge on any atom is -0.325 e. The van der Waals surface area contributed by atoms with Crippen LogP contribution in [-0.2, 0) is 4.79 Å². The topological polar surface area (TPSA) is 33.5 Å². The van der Waals surface area contributed by atoms with Gasteiger partial charge in [0.05, 0.1) is 13.1 Å². The Hall–Kier alpha value is -1.35. The third-order valence-electron chi connectivity index (χ3n) is 4.65. The zero-order valence-corrected chi connectivity index (χ0v) is 13.1. The zero-order chi connectivity index (χ0) is 14.7. The van der Waals surface area contributed by atoms with Crippen LogP contribution in [-0.4, -0.2) is 25.0 Å². The van der Waals surface area contributed by atoms with Gasteiger partial charge in [-0.15, -0.1) is 0 Å². The lowest BCUT2D eigenvalue weighted by atomic mass is 9.98. The van der Waals surface area contributed by atoms with Gasteiger partial charge in [0.25, 0.3) is 5.91 Å². The summed E-state index contributed by atoms with van der Waals surface area (Å²) in [4.78, 5) is 13.9. The molecule has 1 saturated heterocycles. The normalized spacial score (nSPS) is 24.2. The maximum Gasteiger partial charge on any atom is 0.282 e. The molecule has 0 aromatic heterocycles. The number of amides is 1. The Morgan fingerprint density at radius 3 is 2.35 bits per heavy atom. The van der Waals surface area contributed by atoms with E-state index in [9.17, 15) is 4.79 Å². The van der Waals surface area contributed by atoms with E-state index in [0.717, 1.165) is 35.8 Å². The molecule has 1 atom stereocenters. The van der Waals surface area contributed by atoms with Gasteiger partial charge in [-0.25, -0.2) is 0 Å². The van der Waals surface area contributed by atoms with Gasteiger partial charge in [0.1, 0.15) is 0 Å². The maximum absolute atomic E-state index is 12.5. The molecule has 20 heavy (non-hydrogen) atoms. The number of nitrogens with one attached hydrogen (secondary N) is 2. The second kappa shape index (κ2) is 6.40. The molecule has 0 bridgehead atoms. The van der Waals surface area contributed by atoms with E-state index in [1.165, 1.54) is 17.7 Å². The number of quaternary nitrogens is 1. The van der Waals surface area contributed by atoms with Gasteiger partial charge in [-0.1, -0.05) is 25.1 Å². The van der Waals surface area contributed by atoms with Crippen LogP contribution in [0.5, 0.6) is 0 Å². The Morgan fingerprint density at radius 2 is 1.80 bits per heavy atom. The van der Waals surface area contributed by atoms with E-state index in [1.807, 2.05) is 39.0 Å². The lowest BCUT2D eigenvalue weighted by Gasteiger charge is -2.31. The number of rotatable bonds is 3. The first-order chi connectivity index (χ1) is 9.49. The van der Waals surface area contributed by atoms with Gasteiger partial charge in [0.15, 0.2) is 6.04 Å². The number of likely N-dealkylation sites (tertiary alicyclic amines) is 1. The third-order valence-corrected chi connectivity index (χ3v) is 4.65. The Labute approximate surface area is 122 Å². The number of carbonyl (C=O) groups excluding carboxylic acids is 1. The largest absolute Gasteiger partial charge is 0.325 e. The lowest BCUT2D eigenvalue weighted by molar-refractivity contribution is -0.919. The van der Waals surface area contributed by atoms with Gasteiger partial charge in [-0.05, 0) is 50.7 Å². The number of carbonyl (C=O) groups is 1. The average Bonchev–Trinajstić information content (AvgIpc) is 2.43. The number of anilines is 1. The summed E-state index contributed by atoms with van der Waals surface area (Å²) in [6, 6.07) is 6.15. The Balaban J connectivity index is 2.01. The van der Waals surface area contributed by atoms with Crippen molar-refractivity contribution < 1.29 is 9.69 Å². The molecule has 1 amide bonds. The Morgan fingerprint density at radius 1 is 1.25 bits per heavy atom. The highest BCUT2D eigenvalue weighted by atomic mass is 16.2. The van der Waals surface area contributed by atoms with Gasteiger partial charge < -0.3 is 10.2 Å². The summed E-state index contributed by atoms with van der Waals surface area (Å²) >= 11 is 0. The molecule has 0 spiro atoms. The number of para-hydroxylation sites is 1. The molecule has 0 radical (unpaired) electrons. The molecule has 1 heterocycles. The molecule has 1 aliphatic rings. The number of hydrogen-bond donors (Lipinski definition) is 2. The van der Waals surface area contributed by atoms with Crippen LogP contribution in [0.15, 0.2) is 18.2 Å². The summed E-state index contributed by atoms with van der Waals surface area (Å²) in [6.07, 6.45) is 2.46. The van der Waals surface area contributed by atoms with Crippen LogP contribution in [0.4, 0.5) is 5.69 Å². The van der Waals surface area contributed by atoms with Gasteiger partial charge in [0, 0.05) is 5.69 Å². The van der Waals surface area contributed by atoms with Gasteiger partial charge >= 0.3 is 0 Å². The van der Waals surface area contributed by atoms with Crippen molar-refractivity contribution in [3.8, 4) is 0 Å². The predicted octanol–water partition coefficient (Wildman–Crippen LogP) is 1.95. The van der Waals surface area contributed by atoms with Crippen LogP contribution in [0, 0.1) is 19.8 Å². The summed E-state index contributed by atoms with van der Waals surface area (Å²) in [7, 11) is 0. The highest BCUT2D eigenvalue weighted by Crippen LogP contribution is 2.19. The molecule has 3 heteroatoms. The number of benzene rings is 1. The minimum absolute atomic E-state index is 0.0292. The van der Waals surface area contributed by atoms with Crippen molar-refractivity contribution in [2.45, 2.75) is 46.6 Å². The van der Waals surface area contributed by atoms with Crippen molar-refractivity contribution in [3.63, 3.8) is 0 Å². The molecule has 0 saturated carbocycles. The van der Waals surface area contributed by atoms with E-state index in [1.54, 1.807) is 0 Å². The fourth-order valence-electron chi connectivity index (χ4n) is 2.99. The molecule has 0 aliphatic carbocycles. The van der Waals surface area contributed by atoms with E-state index in [2.05, 4.69) is 12.2 Å². The van der Waals surface area contributed by atoms with Crippen LogP contribution in [0.1, 0.15) is 37.8 Å². The smallest absolute Gasteiger partial charge is 0.282 e. The predicted molar refractivity (Wildman–Crippen MR) is 83.1 cm³/mol. The third kappa shape index (κ3) is 3.40. The van der Waals surface area contributed by atoms with Crippen molar-refractivity contribution in [1.82, 2.24) is 0 Å². The van der Waals surface area contributed by atoms with E-state index in [0.29, 0.717) is 0 Å². The van der Waals surface area contributed by atoms with Crippen molar-refractivity contribution in [2.24, 2.45) is 5.92 Å². The average molecular weight is 275 g/mol. The molecular weight excluding hydrogens is 248 g/mol. The number of piperidine rings is 1. The van der Waals surface area contributed by atoms with Gasteiger partial charge in [-0.2, -0.15) is 0 Å². The Bertz CT molecular complexity index is 456. The molecule has 1 aromatic rings. The molecule has 2 N–H and O–H groups in total. The summed E-state index contributed by atoms with van der Waals surface area (Å²) < 4.78 is 0. The molecule has 0 unspecified atom stereocenters. The van der Waals surface area contributed by atoms with Gasteiger partial charge in [0.2, 0.25) is 0 Å². The molecular formula is C17H27N2O+. The minimum atomic E-state index is 0.0292. The van der Waals surface area contributed by atoms with E-state index < -0.39 is 0 Å². The monoisotopic (exact) mass is 275 g/mol. The molecule has 3 nitrogen and oxygen atoms in total. The maximum atomic E-state index is 12.5. The second-order valence-corrected chi connectivity index (χ2v) is 6.32. The molecule has 110 valence electrons. The molecule has 1 fully saturated rings. The molecule has 2 rings (SSSR count). The summed E-state index contributed by atoms with van der Waals surface area (Å²) in [6.45, 7) is 10.7. The van der Waals surface area contributed by atoms with E-state index in [-0.39, 0.29) is 11.9 Å². The fraction of sp³-hybridized carbons (Fsp3) is 0.588. The van der Waals surface area contributed by atoms with E-state index in [4.69, 9.17) is 0 Å². The molecule has 1 aliphatic heterocycles. The van der Waals surface area contributed by atoms with Crippen molar-refractivity contribution >= 4 is 11.6 Å². The van der Waals surface area contributed by atoms with Crippen molar-refractivity contribution in [1.29, 1.82) is 0 Å². The number of aryl methyl sites for hydroxylation is 2. The summed E-state index contributed by atoms with van der Waals surface area (Å²) in [5.41, 5.74) is 3.25. The lowest BCUT2D eigenvalue weighted by Crippen LogP contribution is -3.17. The van der Waals surface area contributed by atoms with Crippen LogP contribution in [0.25, 0.3) is 0 Å². The Kier molecular flexibility index (Phi) is 4.81. The first-order valence-corrected chi connectivity index (χ1v) is 7.70. The van der Waals surface area contributed by atoms with Crippen LogP contribution in [0.2, 0.25) is 0 Å². The standard InChI is InChI=1S/C17H26N2O/c1-12-8-10-19(11-9-12)15(4)17(20)18-16-13(2)6-5-7-14(16)3/h5-7,12,15H,8-11H2,1-4H3,(H,18,20)/p+1/t15-/m0/s1. The fourth-order valence-corrected chi connectivity index (χ4v) is 2.99. The molecule has 1 aromatic carbocycles. The number of hydrogen-bond acceptors (Lipinski definition) is 1. The quantitative estimate of drug-likeness (QED) is 0.868. The van der Waals surface area contributed by atoms with Gasteiger partial charge in [-0.3, -0.25) is 4.79 Å². The SMILES string of the molecule is Cc1cccc(C)c1NC(=O)[C@H](C)[NH+]1CCC(C)CC1.